The summed E-state index contributed by atoms with van der Waals surface area (Å²) in [6.45, 7) is 1.09. The Kier molecular flexibility index (Phi) is 9.14. The predicted octanol–water partition coefficient (Wildman–Crippen LogP) is 3.88. The van der Waals surface area contributed by atoms with Gasteiger partial charge in [-0.15, -0.1) is 0 Å². The van der Waals surface area contributed by atoms with E-state index in [0.717, 1.165) is 22.8 Å². The number of carbonyl (C=O) groups is 2. The molecule has 2 aromatic rings. The quantitative estimate of drug-likeness (QED) is 0.293. The number of ether oxygens (including phenoxy) is 3. The summed E-state index contributed by atoms with van der Waals surface area (Å²) in [5, 5.41) is 2.83. The molecule has 0 saturated carbocycles. The van der Waals surface area contributed by atoms with Crippen molar-refractivity contribution in [3.8, 4) is 17.2 Å². The third kappa shape index (κ3) is 7.23. The maximum atomic E-state index is 12.7. The minimum Gasteiger partial charge on any atom is -0.497 e. The Morgan fingerprint density at radius 3 is 2.55 bits per heavy atom. The number of carbonyl (C=O) groups excluding carboxylic acids is 2. The number of thiocarbonyl (C=S) groups is 1. The fourth-order valence-corrected chi connectivity index (χ4v) is 4.37. The molecule has 2 amide bonds. The van der Waals surface area contributed by atoms with E-state index in [0.29, 0.717) is 41.8 Å². The Morgan fingerprint density at radius 2 is 1.82 bits per heavy atom. The zero-order valence-electron chi connectivity index (χ0n) is 18.5. The van der Waals surface area contributed by atoms with Crippen LogP contribution in [-0.4, -0.2) is 55.0 Å². The molecular weight excluding hydrogens is 460 g/mol. The van der Waals surface area contributed by atoms with E-state index < -0.39 is 0 Å². The van der Waals surface area contributed by atoms with Gasteiger partial charge < -0.3 is 19.5 Å². The van der Waals surface area contributed by atoms with Crippen molar-refractivity contribution >= 4 is 46.2 Å². The summed E-state index contributed by atoms with van der Waals surface area (Å²) in [6.07, 6.45) is 2.72. The fourth-order valence-electron chi connectivity index (χ4n) is 3.07. The van der Waals surface area contributed by atoms with Crippen LogP contribution in [0.5, 0.6) is 17.2 Å². The molecule has 1 saturated heterocycles. The van der Waals surface area contributed by atoms with Crippen molar-refractivity contribution in [1.29, 1.82) is 0 Å². The molecule has 9 heteroatoms. The van der Waals surface area contributed by atoms with Gasteiger partial charge in [-0.05, 0) is 54.5 Å². The molecule has 3 rings (SSSR count). The average Bonchev–Trinajstić information content (AvgIpc) is 3.09. The molecule has 0 unspecified atom stereocenters. The van der Waals surface area contributed by atoms with Gasteiger partial charge in [0.1, 0.15) is 21.6 Å². The molecule has 1 aliphatic heterocycles. The number of rotatable bonds is 11. The highest BCUT2D eigenvalue weighted by Crippen LogP contribution is 2.32. The van der Waals surface area contributed by atoms with E-state index in [4.69, 9.17) is 26.4 Å². The lowest BCUT2D eigenvalue weighted by atomic mass is 10.2. The maximum absolute atomic E-state index is 12.7. The number of hydrogen-bond acceptors (Lipinski definition) is 7. The molecule has 1 heterocycles. The summed E-state index contributed by atoms with van der Waals surface area (Å²) in [4.78, 5) is 26.9. The lowest BCUT2D eigenvalue weighted by Crippen LogP contribution is -2.37. The minimum atomic E-state index is -0.157. The zero-order chi connectivity index (χ0) is 23.6. The standard InChI is InChI=1S/C24H26N2O5S2/c1-29-18-8-10-19(11-9-18)31-14-4-7-22(27)25-12-13-26-23(28)21(33-24(26)32)16-17-5-3-6-20(15-17)30-2/h3,5-6,8-11,15-16H,4,7,12-14H2,1-2H3,(H,25,27)/b21-16+. The second kappa shape index (κ2) is 12.3. The summed E-state index contributed by atoms with van der Waals surface area (Å²) in [5.41, 5.74) is 0.861. The van der Waals surface area contributed by atoms with Gasteiger partial charge in [0.2, 0.25) is 5.91 Å². The molecule has 0 atom stereocenters. The normalized spacial score (nSPS) is 14.5. The van der Waals surface area contributed by atoms with E-state index in [1.165, 1.54) is 16.7 Å². The van der Waals surface area contributed by atoms with Crippen molar-refractivity contribution in [2.75, 3.05) is 33.9 Å². The van der Waals surface area contributed by atoms with Crippen molar-refractivity contribution in [3.05, 3.63) is 59.0 Å². The van der Waals surface area contributed by atoms with Crippen LogP contribution in [0.25, 0.3) is 6.08 Å². The molecule has 0 bridgehead atoms. The van der Waals surface area contributed by atoms with Crippen LogP contribution in [0.2, 0.25) is 0 Å². The van der Waals surface area contributed by atoms with Crippen LogP contribution in [0.15, 0.2) is 53.4 Å². The Bertz CT molecular complexity index is 1020. The first-order chi connectivity index (χ1) is 16.0. The summed E-state index contributed by atoms with van der Waals surface area (Å²) in [7, 11) is 3.21. The Morgan fingerprint density at radius 1 is 1.09 bits per heavy atom. The van der Waals surface area contributed by atoms with Gasteiger partial charge in [-0.1, -0.05) is 36.1 Å². The van der Waals surface area contributed by atoms with Gasteiger partial charge >= 0.3 is 0 Å². The van der Waals surface area contributed by atoms with Crippen LogP contribution in [0, 0.1) is 0 Å². The summed E-state index contributed by atoms with van der Waals surface area (Å²) >= 11 is 6.61. The first kappa shape index (κ1) is 24.6. The number of amides is 2. The Labute approximate surface area is 203 Å². The zero-order valence-corrected chi connectivity index (χ0v) is 20.2. The molecule has 1 aliphatic rings. The van der Waals surface area contributed by atoms with Gasteiger partial charge in [-0.25, -0.2) is 0 Å². The van der Waals surface area contributed by atoms with Crippen LogP contribution >= 0.6 is 24.0 Å². The molecule has 33 heavy (non-hydrogen) atoms. The molecule has 7 nitrogen and oxygen atoms in total. The summed E-state index contributed by atoms with van der Waals surface area (Å²) in [6, 6.07) is 14.7. The number of hydrogen-bond donors (Lipinski definition) is 1. The number of benzene rings is 2. The van der Waals surface area contributed by atoms with Crippen molar-refractivity contribution in [1.82, 2.24) is 10.2 Å². The van der Waals surface area contributed by atoms with E-state index in [1.54, 1.807) is 20.3 Å². The lowest BCUT2D eigenvalue weighted by molar-refractivity contribution is -0.124. The van der Waals surface area contributed by atoms with E-state index >= 15 is 0 Å². The Hall–Kier alpha value is -3.04. The van der Waals surface area contributed by atoms with Crippen LogP contribution in [0.1, 0.15) is 18.4 Å². The van der Waals surface area contributed by atoms with Crippen LogP contribution < -0.4 is 19.5 Å². The first-order valence-electron chi connectivity index (χ1n) is 10.4. The maximum Gasteiger partial charge on any atom is 0.266 e. The molecule has 174 valence electrons. The van der Waals surface area contributed by atoms with Gasteiger partial charge in [0, 0.05) is 19.5 Å². The van der Waals surface area contributed by atoms with Gasteiger partial charge in [0.25, 0.3) is 5.91 Å². The third-order valence-electron chi connectivity index (χ3n) is 4.80. The lowest BCUT2D eigenvalue weighted by Gasteiger charge is -2.15. The van der Waals surface area contributed by atoms with Crippen molar-refractivity contribution in [2.45, 2.75) is 12.8 Å². The first-order valence-corrected chi connectivity index (χ1v) is 11.7. The summed E-state index contributed by atoms with van der Waals surface area (Å²) < 4.78 is 16.4. The molecule has 0 aromatic heterocycles. The van der Waals surface area contributed by atoms with E-state index in [-0.39, 0.29) is 11.8 Å². The number of thioether (sulfide) groups is 1. The van der Waals surface area contributed by atoms with Crippen LogP contribution in [0.4, 0.5) is 0 Å². The average molecular weight is 487 g/mol. The van der Waals surface area contributed by atoms with Crippen LogP contribution in [0.3, 0.4) is 0 Å². The molecule has 2 aromatic carbocycles. The minimum absolute atomic E-state index is 0.0919. The third-order valence-corrected chi connectivity index (χ3v) is 6.18. The molecule has 1 N–H and O–H groups in total. The Balaban J connectivity index is 1.38. The fraction of sp³-hybridized carbons (Fsp3) is 0.292. The second-order valence-corrected chi connectivity index (χ2v) is 8.76. The SMILES string of the molecule is COc1ccc(OCCCC(=O)NCCN2C(=O)/C(=C\c3cccc(OC)c3)SC2=S)cc1. The second-order valence-electron chi connectivity index (χ2n) is 7.09. The van der Waals surface area contributed by atoms with Gasteiger partial charge in [-0.2, -0.15) is 0 Å². The largest absolute Gasteiger partial charge is 0.497 e. The van der Waals surface area contributed by atoms with Gasteiger partial charge in [0.05, 0.1) is 25.7 Å². The predicted molar refractivity (Wildman–Crippen MR) is 134 cm³/mol. The number of nitrogens with zero attached hydrogens (tertiary/aromatic N) is 1. The van der Waals surface area contributed by atoms with Gasteiger partial charge in [-0.3, -0.25) is 14.5 Å². The molecule has 0 radical (unpaired) electrons. The smallest absolute Gasteiger partial charge is 0.266 e. The van der Waals surface area contributed by atoms with Gasteiger partial charge in [0.15, 0.2) is 0 Å². The topological polar surface area (TPSA) is 77.1 Å². The molecule has 1 fully saturated rings. The van der Waals surface area contributed by atoms with Crippen LogP contribution in [-0.2, 0) is 9.59 Å². The number of methoxy groups -OCH3 is 2. The highest BCUT2D eigenvalue weighted by atomic mass is 32.2. The molecule has 0 aliphatic carbocycles. The molecule has 0 spiro atoms. The molecular formula is C24H26N2O5S2. The highest BCUT2D eigenvalue weighted by Gasteiger charge is 2.31. The highest BCUT2D eigenvalue weighted by molar-refractivity contribution is 8.26. The summed E-state index contributed by atoms with van der Waals surface area (Å²) in [5.74, 6) is 1.96. The van der Waals surface area contributed by atoms with E-state index in [9.17, 15) is 9.59 Å². The number of nitrogens with one attached hydrogen (secondary N) is 1. The van der Waals surface area contributed by atoms with Crippen molar-refractivity contribution in [2.24, 2.45) is 0 Å². The van der Waals surface area contributed by atoms with Crippen molar-refractivity contribution < 1.29 is 23.8 Å². The van der Waals surface area contributed by atoms with E-state index in [2.05, 4.69) is 5.32 Å². The van der Waals surface area contributed by atoms with E-state index in [1.807, 2.05) is 48.5 Å². The monoisotopic (exact) mass is 486 g/mol. The van der Waals surface area contributed by atoms with Crippen molar-refractivity contribution in [3.63, 3.8) is 0 Å².